The molecule has 1 aromatic heterocycles. The van der Waals surface area contributed by atoms with Crippen molar-refractivity contribution in [3.63, 3.8) is 0 Å². The number of benzene rings is 2. The Bertz CT molecular complexity index is 1120. The van der Waals surface area contributed by atoms with Crippen LogP contribution in [0.1, 0.15) is 26.7 Å². The van der Waals surface area contributed by atoms with Crippen LogP contribution in [0.25, 0.3) is 11.4 Å². The van der Waals surface area contributed by atoms with E-state index in [1.54, 1.807) is 32.9 Å². The van der Waals surface area contributed by atoms with E-state index < -0.39 is 26.2 Å². The summed E-state index contributed by atoms with van der Waals surface area (Å²) in [6.45, 7) is 4.84. The van der Waals surface area contributed by atoms with E-state index >= 15 is 0 Å². The second-order valence-electron chi connectivity index (χ2n) is 7.29. The number of para-hydroxylation sites is 1. The number of hydrogen-bond donors (Lipinski definition) is 0. The molecule has 0 atom stereocenters. The summed E-state index contributed by atoms with van der Waals surface area (Å²) >= 11 is 0. The fourth-order valence-corrected chi connectivity index (χ4v) is 4.67. The van der Waals surface area contributed by atoms with Crippen molar-refractivity contribution in [1.82, 2.24) is 14.4 Å². The minimum absolute atomic E-state index is 0.0842. The zero-order valence-corrected chi connectivity index (χ0v) is 17.0. The fraction of sp³-hybridized carbons (Fsp3) is 0.263. The van der Waals surface area contributed by atoms with Crippen molar-refractivity contribution < 1.29 is 17.9 Å². The summed E-state index contributed by atoms with van der Waals surface area (Å²) in [5.41, 5.74) is -0.659. The molecule has 0 fully saturated rings. The predicted octanol–water partition coefficient (Wildman–Crippen LogP) is 3.63. The number of nitrogens with zero attached hydrogens (tertiary/aromatic N) is 4. The first-order valence-electron chi connectivity index (χ1n) is 8.75. The second kappa shape index (κ2) is 7.72. The predicted molar refractivity (Wildman–Crippen MR) is 105 cm³/mol. The maximum atomic E-state index is 13.3. The smallest absolute Gasteiger partial charge is 0.289 e. The standard InChI is InChI=1S/C19H20N4O5S/c1-19(2,3)22(29(26,27)16-12-8-7-11-15(16)23(24)25)13-17-20-18(21-28-17)14-9-5-4-6-10-14/h4-12H,13H2,1-3H3. The molecule has 0 saturated heterocycles. The van der Waals surface area contributed by atoms with Crippen LogP contribution in [-0.2, 0) is 16.6 Å². The number of hydrogen-bond acceptors (Lipinski definition) is 7. The van der Waals surface area contributed by atoms with Crippen molar-refractivity contribution in [1.29, 1.82) is 0 Å². The molecule has 10 heteroatoms. The molecule has 1 heterocycles. The maximum absolute atomic E-state index is 13.3. The molecule has 0 spiro atoms. The van der Waals surface area contributed by atoms with Gasteiger partial charge in [-0.2, -0.15) is 9.29 Å². The van der Waals surface area contributed by atoms with Crippen LogP contribution in [0.2, 0.25) is 0 Å². The van der Waals surface area contributed by atoms with Crippen LogP contribution in [0.3, 0.4) is 0 Å². The Kier molecular flexibility index (Phi) is 5.49. The van der Waals surface area contributed by atoms with Gasteiger partial charge in [0, 0.05) is 17.2 Å². The van der Waals surface area contributed by atoms with Crippen LogP contribution in [0.15, 0.2) is 64.0 Å². The van der Waals surface area contributed by atoms with Crippen molar-refractivity contribution in [3.8, 4) is 11.4 Å². The van der Waals surface area contributed by atoms with E-state index in [0.717, 1.165) is 15.9 Å². The van der Waals surface area contributed by atoms with Gasteiger partial charge >= 0.3 is 0 Å². The Labute approximate surface area is 168 Å². The molecule has 3 aromatic rings. The number of nitro groups is 1. The third-order valence-electron chi connectivity index (χ3n) is 4.16. The number of sulfonamides is 1. The molecule has 0 unspecified atom stereocenters. The zero-order valence-electron chi connectivity index (χ0n) is 16.1. The van der Waals surface area contributed by atoms with Crippen molar-refractivity contribution in [2.45, 2.75) is 37.8 Å². The van der Waals surface area contributed by atoms with E-state index in [4.69, 9.17) is 4.52 Å². The summed E-state index contributed by atoms with van der Waals surface area (Å²) in [5.74, 6) is 0.415. The molecule has 0 aliphatic carbocycles. The highest BCUT2D eigenvalue weighted by atomic mass is 32.2. The van der Waals surface area contributed by atoms with Gasteiger partial charge in [-0.25, -0.2) is 8.42 Å². The van der Waals surface area contributed by atoms with Gasteiger partial charge < -0.3 is 4.52 Å². The first-order chi connectivity index (χ1) is 13.6. The van der Waals surface area contributed by atoms with Crippen LogP contribution in [0.4, 0.5) is 5.69 Å². The lowest BCUT2D eigenvalue weighted by Gasteiger charge is -2.33. The lowest BCUT2D eigenvalue weighted by Crippen LogP contribution is -2.45. The average Bonchev–Trinajstić information content (AvgIpc) is 3.14. The Morgan fingerprint density at radius 1 is 1.07 bits per heavy atom. The molecular formula is C19H20N4O5S. The Morgan fingerprint density at radius 2 is 1.69 bits per heavy atom. The van der Waals surface area contributed by atoms with Crippen molar-refractivity contribution in [2.75, 3.05) is 0 Å². The molecule has 0 bridgehead atoms. The molecule has 152 valence electrons. The normalized spacial score (nSPS) is 12.3. The molecule has 2 aromatic carbocycles. The largest absolute Gasteiger partial charge is 0.338 e. The van der Waals surface area contributed by atoms with Crippen LogP contribution in [0.5, 0.6) is 0 Å². The highest BCUT2D eigenvalue weighted by molar-refractivity contribution is 7.89. The monoisotopic (exact) mass is 416 g/mol. The first-order valence-corrected chi connectivity index (χ1v) is 10.2. The van der Waals surface area contributed by atoms with Gasteiger partial charge in [-0.1, -0.05) is 47.6 Å². The lowest BCUT2D eigenvalue weighted by atomic mass is 10.1. The second-order valence-corrected chi connectivity index (χ2v) is 9.12. The van der Waals surface area contributed by atoms with Gasteiger partial charge in [0.2, 0.25) is 11.7 Å². The summed E-state index contributed by atoms with van der Waals surface area (Å²) < 4.78 is 33.0. The highest BCUT2D eigenvalue weighted by Crippen LogP contribution is 2.32. The molecule has 0 N–H and O–H groups in total. The summed E-state index contributed by atoms with van der Waals surface area (Å²) in [7, 11) is -4.22. The van der Waals surface area contributed by atoms with Gasteiger partial charge in [0.25, 0.3) is 15.7 Å². The van der Waals surface area contributed by atoms with E-state index in [-0.39, 0.29) is 17.3 Å². The highest BCUT2D eigenvalue weighted by Gasteiger charge is 2.39. The summed E-state index contributed by atoms with van der Waals surface area (Å²) in [5, 5.41) is 15.2. The molecular weight excluding hydrogens is 396 g/mol. The molecule has 9 nitrogen and oxygen atoms in total. The quantitative estimate of drug-likeness (QED) is 0.444. The van der Waals surface area contributed by atoms with Crippen molar-refractivity contribution in [3.05, 3.63) is 70.6 Å². The third kappa shape index (κ3) is 4.33. The number of rotatable bonds is 6. The molecule has 0 aliphatic rings. The van der Waals surface area contributed by atoms with Crippen LogP contribution >= 0.6 is 0 Å². The SMILES string of the molecule is CC(C)(C)N(Cc1nc(-c2ccccc2)no1)S(=O)(=O)c1ccccc1[N+](=O)[O-]. The number of aromatic nitrogens is 2. The molecule has 0 saturated carbocycles. The Balaban J connectivity index is 2.00. The topological polar surface area (TPSA) is 119 Å². The minimum atomic E-state index is -4.22. The van der Waals surface area contributed by atoms with Gasteiger partial charge in [0.1, 0.15) is 0 Å². The van der Waals surface area contributed by atoms with Crippen LogP contribution in [-0.4, -0.2) is 33.3 Å². The maximum Gasteiger partial charge on any atom is 0.289 e. The lowest BCUT2D eigenvalue weighted by molar-refractivity contribution is -0.387. The van der Waals surface area contributed by atoms with E-state index in [9.17, 15) is 18.5 Å². The van der Waals surface area contributed by atoms with Gasteiger partial charge in [0.15, 0.2) is 4.90 Å². The van der Waals surface area contributed by atoms with Gasteiger partial charge in [-0.05, 0) is 26.8 Å². The number of nitro benzene ring substituents is 1. The molecule has 0 aliphatic heterocycles. The summed E-state index contributed by atoms with van der Waals surface area (Å²) in [6.07, 6.45) is 0. The van der Waals surface area contributed by atoms with E-state index in [0.29, 0.717) is 5.82 Å². The Morgan fingerprint density at radius 3 is 2.31 bits per heavy atom. The average molecular weight is 416 g/mol. The zero-order chi connectivity index (χ0) is 21.2. The van der Waals surface area contributed by atoms with Crippen molar-refractivity contribution >= 4 is 15.7 Å². The molecule has 0 amide bonds. The van der Waals surface area contributed by atoms with E-state index in [2.05, 4.69) is 10.1 Å². The first kappa shape index (κ1) is 20.6. The van der Waals surface area contributed by atoms with Crippen LogP contribution in [0, 0.1) is 10.1 Å². The van der Waals surface area contributed by atoms with E-state index in [1.807, 2.05) is 18.2 Å². The van der Waals surface area contributed by atoms with E-state index in [1.165, 1.54) is 18.2 Å². The Hall–Kier alpha value is -3.11. The van der Waals surface area contributed by atoms with Crippen molar-refractivity contribution in [2.24, 2.45) is 0 Å². The fourth-order valence-electron chi connectivity index (χ4n) is 2.77. The molecule has 3 rings (SSSR count). The molecule has 29 heavy (non-hydrogen) atoms. The molecule has 0 radical (unpaired) electrons. The van der Waals surface area contributed by atoms with Crippen LogP contribution < -0.4 is 0 Å². The third-order valence-corrected chi connectivity index (χ3v) is 6.32. The van der Waals surface area contributed by atoms with Gasteiger partial charge in [0.05, 0.1) is 11.5 Å². The summed E-state index contributed by atoms with van der Waals surface area (Å²) in [6, 6.07) is 14.4. The summed E-state index contributed by atoms with van der Waals surface area (Å²) in [4.78, 5) is 14.5. The van der Waals surface area contributed by atoms with Gasteiger partial charge in [-0.15, -0.1) is 0 Å². The minimum Gasteiger partial charge on any atom is -0.338 e. The van der Waals surface area contributed by atoms with Gasteiger partial charge in [-0.3, -0.25) is 10.1 Å².